The normalized spacial score (nSPS) is 34.1. The van der Waals surface area contributed by atoms with Gasteiger partial charge in [-0.1, -0.05) is 24.6 Å². The molecule has 0 aliphatic heterocycles. The van der Waals surface area contributed by atoms with Crippen molar-refractivity contribution in [3.05, 3.63) is 24.3 Å². The van der Waals surface area contributed by atoms with E-state index in [1.807, 2.05) is 6.08 Å². The van der Waals surface area contributed by atoms with Crippen LogP contribution >= 0.6 is 0 Å². The van der Waals surface area contributed by atoms with E-state index >= 15 is 0 Å². The monoisotopic (exact) mass is 180 g/mol. The lowest BCUT2D eigenvalue weighted by molar-refractivity contribution is 0.0751. The van der Waals surface area contributed by atoms with Gasteiger partial charge in [0.05, 0.1) is 0 Å². The molecule has 0 bridgehead atoms. The number of aliphatic hydroxyl groups excluding tert-OH is 1. The van der Waals surface area contributed by atoms with Gasteiger partial charge >= 0.3 is 0 Å². The Hall–Kier alpha value is -0.560. The van der Waals surface area contributed by atoms with Crippen molar-refractivity contribution in [2.45, 2.75) is 33.1 Å². The molecule has 1 aliphatic rings. The van der Waals surface area contributed by atoms with Crippen molar-refractivity contribution in [3.63, 3.8) is 0 Å². The van der Waals surface area contributed by atoms with E-state index in [-0.39, 0.29) is 12.0 Å². The Balaban J connectivity index is 2.82. The Morgan fingerprint density at radius 1 is 1.77 bits per heavy atom. The molecule has 0 radical (unpaired) electrons. The van der Waals surface area contributed by atoms with Gasteiger partial charge in [0.25, 0.3) is 0 Å². The second kappa shape index (κ2) is 4.10. The fraction of sp³-hybridized carbons (Fsp3) is 0.667. The molecule has 1 heteroatoms. The van der Waals surface area contributed by atoms with Gasteiger partial charge in [0.15, 0.2) is 0 Å². The van der Waals surface area contributed by atoms with Crippen LogP contribution in [-0.2, 0) is 0 Å². The summed E-state index contributed by atoms with van der Waals surface area (Å²) in [6.07, 6.45) is 7.37. The van der Waals surface area contributed by atoms with Crippen molar-refractivity contribution >= 4 is 0 Å². The molecule has 2 atom stereocenters. The van der Waals surface area contributed by atoms with Crippen molar-refractivity contribution in [2.75, 3.05) is 6.61 Å². The maximum absolute atomic E-state index is 9.45. The molecule has 1 N–H and O–H groups in total. The topological polar surface area (TPSA) is 20.2 Å². The van der Waals surface area contributed by atoms with Crippen LogP contribution in [0.15, 0.2) is 24.3 Å². The highest BCUT2D eigenvalue weighted by Crippen LogP contribution is 2.42. The van der Waals surface area contributed by atoms with E-state index < -0.39 is 0 Å². The molecule has 1 aliphatic carbocycles. The highest BCUT2D eigenvalue weighted by atomic mass is 16.3. The summed E-state index contributed by atoms with van der Waals surface area (Å²) in [5, 5.41) is 9.45. The summed E-state index contributed by atoms with van der Waals surface area (Å²) in [6, 6.07) is 0. The third-order valence-electron chi connectivity index (χ3n) is 3.38. The smallest absolute Gasteiger partial charge is 0.0496 e. The van der Waals surface area contributed by atoms with Crippen LogP contribution in [0.2, 0.25) is 0 Å². The number of aliphatic hydroxyl groups is 1. The van der Waals surface area contributed by atoms with Crippen LogP contribution in [0.25, 0.3) is 0 Å². The van der Waals surface area contributed by atoms with E-state index in [0.717, 1.165) is 19.3 Å². The minimum Gasteiger partial charge on any atom is -0.396 e. The molecule has 0 saturated heterocycles. The molecule has 74 valence electrons. The fourth-order valence-electron chi connectivity index (χ4n) is 2.22. The van der Waals surface area contributed by atoms with Gasteiger partial charge in [-0.05, 0) is 32.1 Å². The molecule has 0 aromatic heterocycles. The van der Waals surface area contributed by atoms with Crippen LogP contribution in [0.5, 0.6) is 0 Å². The van der Waals surface area contributed by atoms with Gasteiger partial charge in [-0.25, -0.2) is 0 Å². The minimum absolute atomic E-state index is 0.0707. The molecular weight excluding hydrogens is 160 g/mol. The van der Waals surface area contributed by atoms with Gasteiger partial charge in [-0.2, -0.15) is 0 Å². The Morgan fingerprint density at radius 2 is 2.46 bits per heavy atom. The summed E-state index contributed by atoms with van der Waals surface area (Å²) in [7, 11) is 0. The van der Waals surface area contributed by atoms with Gasteiger partial charge in [0, 0.05) is 12.0 Å². The predicted molar refractivity (Wildman–Crippen MR) is 56.5 cm³/mol. The molecule has 0 aromatic rings. The molecular formula is C12H20O. The average molecular weight is 180 g/mol. The number of rotatable bonds is 3. The summed E-state index contributed by atoms with van der Waals surface area (Å²) in [5.41, 5.74) is 1.53. The van der Waals surface area contributed by atoms with Crippen LogP contribution in [0.4, 0.5) is 0 Å². The van der Waals surface area contributed by atoms with Gasteiger partial charge < -0.3 is 5.11 Å². The van der Waals surface area contributed by atoms with Crippen LogP contribution in [0, 0.1) is 11.3 Å². The van der Waals surface area contributed by atoms with Crippen molar-refractivity contribution < 1.29 is 5.11 Å². The fourth-order valence-corrected chi connectivity index (χ4v) is 2.22. The average Bonchev–Trinajstić information content (AvgIpc) is 2.11. The van der Waals surface area contributed by atoms with E-state index in [2.05, 4.69) is 26.5 Å². The molecule has 0 amide bonds. The van der Waals surface area contributed by atoms with Gasteiger partial charge in [-0.3, -0.25) is 0 Å². The summed E-state index contributed by atoms with van der Waals surface area (Å²) in [5.74, 6) is 0.476. The van der Waals surface area contributed by atoms with E-state index in [1.54, 1.807) is 0 Å². The third kappa shape index (κ3) is 2.02. The first-order valence-corrected chi connectivity index (χ1v) is 5.03. The van der Waals surface area contributed by atoms with E-state index in [9.17, 15) is 5.11 Å². The lowest BCUT2D eigenvalue weighted by atomic mass is 9.67. The highest BCUT2D eigenvalue weighted by Gasteiger charge is 2.35. The molecule has 1 nitrogen and oxygen atoms in total. The van der Waals surface area contributed by atoms with E-state index in [1.165, 1.54) is 5.57 Å². The van der Waals surface area contributed by atoms with Crippen LogP contribution < -0.4 is 0 Å². The van der Waals surface area contributed by atoms with Crippen LogP contribution in [-0.4, -0.2) is 11.7 Å². The summed E-state index contributed by atoms with van der Waals surface area (Å²) in [6.45, 7) is 8.42. The van der Waals surface area contributed by atoms with Crippen molar-refractivity contribution in [3.8, 4) is 0 Å². The molecule has 13 heavy (non-hydrogen) atoms. The Bertz CT molecular complexity index is 217. The molecule has 2 unspecified atom stereocenters. The SMILES string of the molecule is C=CCC1(CO)CCC(C)=CC1C. The standard InChI is InChI=1S/C12H20O/c1-4-6-12(9-13)7-5-10(2)8-11(12)3/h4,8,11,13H,1,5-7,9H2,2-3H3. The lowest BCUT2D eigenvalue weighted by Gasteiger charge is -2.39. The predicted octanol–water partition coefficient (Wildman–Crippen LogP) is 2.92. The largest absolute Gasteiger partial charge is 0.396 e. The molecule has 0 spiro atoms. The zero-order chi connectivity index (χ0) is 9.90. The first-order valence-electron chi connectivity index (χ1n) is 5.03. The van der Waals surface area contributed by atoms with Gasteiger partial charge in [-0.15, -0.1) is 6.58 Å². The number of hydrogen-bond donors (Lipinski definition) is 1. The third-order valence-corrected chi connectivity index (χ3v) is 3.38. The maximum atomic E-state index is 9.45. The molecule has 0 aromatic carbocycles. The zero-order valence-corrected chi connectivity index (χ0v) is 8.71. The molecule has 1 rings (SSSR count). The van der Waals surface area contributed by atoms with Gasteiger partial charge in [0.2, 0.25) is 0 Å². The Labute approximate surface area is 81.2 Å². The molecule has 0 fully saturated rings. The quantitative estimate of drug-likeness (QED) is 0.662. The highest BCUT2D eigenvalue weighted by molar-refractivity contribution is 5.11. The second-order valence-electron chi connectivity index (χ2n) is 4.31. The van der Waals surface area contributed by atoms with Crippen molar-refractivity contribution in [1.82, 2.24) is 0 Å². The zero-order valence-electron chi connectivity index (χ0n) is 8.71. The van der Waals surface area contributed by atoms with Crippen molar-refractivity contribution in [2.24, 2.45) is 11.3 Å². The van der Waals surface area contributed by atoms with Gasteiger partial charge in [0.1, 0.15) is 0 Å². The number of hydrogen-bond acceptors (Lipinski definition) is 1. The molecule has 0 heterocycles. The summed E-state index contributed by atoms with van der Waals surface area (Å²) < 4.78 is 0. The van der Waals surface area contributed by atoms with Crippen LogP contribution in [0.1, 0.15) is 33.1 Å². The Kier molecular flexibility index (Phi) is 3.32. The summed E-state index contributed by atoms with van der Waals surface area (Å²) in [4.78, 5) is 0. The van der Waals surface area contributed by atoms with E-state index in [0.29, 0.717) is 5.92 Å². The first kappa shape index (κ1) is 10.5. The first-order chi connectivity index (χ1) is 6.14. The van der Waals surface area contributed by atoms with Crippen molar-refractivity contribution in [1.29, 1.82) is 0 Å². The Morgan fingerprint density at radius 3 is 2.92 bits per heavy atom. The minimum atomic E-state index is 0.0707. The molecule has 0 saturated carbocycles. The van der Waals surface area contributed by atoms with E-state index in [4.69, 9.17) is 0 Å². The number of allylic oxidation sites excluding steroid dienone is 3. The lowest BCUT2D eigenvalue weighted by Crippen LogP contribution is -2.34. The van der Waals surface area contributed by atoms with Crippen LogP contribution in [0.3, 0.4) is 0 Å². The summed E-state index contributed by atoms with van der Waals surface area (Å²) >= 11 is 0. The maximum Gasteiger partial charge on any atom is 0.0496 e. The second-order valence-corrected chi connectivity index (χ2v) is 4.31.